The van der Waals surface area contributed by atoms with E-state index in [0.29, 0.717) is 28.6 Å². The van der Waals surface area contributed by atoms with Gasteiger partial charge in [-0.1, -0.05) is 24.3 Å². The first-order valence-electron chi connectivity index (χ1n) is 10.1. The Labute approximate surface area is 173 Å². The molecule has 0 spiro atoms. The van der Waals surface area contributed by atoms with Crippen molar-refractivity contribution in [3.8, 4) is 0 Å². The summed E-state index contributed by atoms with van der Waals surface area (Å²) in [4.78, 5) is 27.6. The summed E-state index contributed by atoms with van der Waals surface area (Å²) in [5.41, 5.74) is 0.790. The van der Waals surface area contributed by atoms with Crippen LogP contribution in [0.1, 0.15) is 5.56 Å². The molecular formula is C23H24FN3O3. The Morgan fingerprint density at radius 3 is 2.60 bits per heavy atom. The van der Waals surface area contributed by atoms with Crippen LogP contribution in [0.3, 0.4) is 0 Å². The standard InChI is InChI=1S/C23H24FN3O3/c24-20-6-2-1-4-17(20)16-22(28)25-21-7-3-5-19-18(21)8-9-27(23(19)29)11-10-26-12-14-30-15-13-26/h1-9H,10-16H2,(H,25,28). The third kappa shape index (κ3) is 4.58. The SMILES string of the molecule is O=C(Cc1ccccc1F)Nc1cccc2c(=O)n(CCN3CCOCC3)ccc12. The summed E-state index contributed by atoms with van der Waals surface area (Å²) < 4.78 is 20.9. The predicted molar refractivity (Wildman–Crippen MR) is 114 cm³/mol. The molecule has 0 radical (unpaired) electrons. The molecule has 30 heavy (non-hydrogen) atoms. The zero-order valence-electron chi connectivity index (χ0n) is 16.6. The lowest BCUT2D eigenvalue weighted by molar-refractivity contribution is -0.115. The van der Waals surface area contributed by atoms with Crippen LogP contribution in [-0.2, 0) is 22.5 Å². The van der Waals surface area contributed by atoms with Crippen LogP contribution in [0.2, 0.25) is 0 Å². The van der Waals surface area contributed by atoms with Crippen molar-refractivity contribution < 1.29 is 13.9 Å². The van der Waals surface area contributed by atoms with Crippen LogP contribution in [0, 0.1) is 5.82 Å². The lowest BCUT2D eigenvalue weighted by Crippen LogP contribution is -2.39. The maximum absolute atomic E-state index is 13.8. The quantitative estimate of drug-likeness (QED) is 0.680. The van der Waals surface area contributed by atoms with Gasteiger partial charge in [-0.2, -0.15) is 0 Å². The number of carbonyl (C=O) groups is 1. The fourth-order valence-corrected chi connectivity index (χ4v) is 3.69. The number of anilines is 1. The number of fused-ring (bicyclic) bond motifs is 1. The highest BCUT2D eigenvalue weighted by Crippen LogP contribution is 2.21. The molecule has 7 heteroatoms. The smallest absolute Gasteiger partial charge is 0.258 e. The van der Waals surface area contributed by atoms with Crippen molar-refractivity contribution >= 4 is 22.4 Å². The summed E-state index contributed by atoms with van der Waals surface area (Å²) in [6.07, 6.45) is 1.69. The molecule has 6 nitrogen and oxygen atoms in total. The van der Waals surface area contributed by atoms with Gasteiger partial charge in [0.05, 0.1) is 19.6 Å². The molecular weight excluding hydrogens is 385 g/mol. The van der Waals surface area contributed by atoms with E-state index in [0.717, 1.165) is 32.8 Å². The Balaban J connectivity index is 1.50. The summed E-state index contributed by atoms with van der Waals surface area (Å²) in [6, 6.07) is 13.3. The summed E-state index contributed by atoms with van der Waals surface area (Å²) in [5.74, 6) is -0.738. The van der Waals surface area contributed by atoms with Crippen LogP contribution in [0.5, 0.6) is 0 Å². The number of ether oxygens (including phenoxy) is 1. The Kier molecular flexibility index (Phi) is 6.21. The number of hydrogen-bond acceptors (Lipinski definition) is 4. The normalized spacial score (nSPS) is 14.7. The molecule has 2 aromatic carbocycles. The van der Waals surface area contributed by atoms with E-state index in [1.807, 2.05) is 6.07 Å². The van der Waals surface area contributed by atoms with Gasteiger partial charge in [0.25, 0.3) is 5.56 Å². The number of morpholine rings is 1. The first-order valence-corrected chi connectivity index (χ1v) is 10.1. The van der Waals surface area contributed by atoms with Crippen LogP contribution in [-0.4, -0.2) is 48.2 Å². The molecule has 1 amide bonds. The predicted octanol–water partition coefficient (Wildman–Crippen LogP) is 2.65. The molecule has 0 atom stereocenters. The molecule has 156 valence electrons. The van der Waals surface area contributed by atoms with Gasteiger partial charge >= 0.3 is 0 Å². The molecule has 1 fully saturated rings. The highest BCUT2D eigenvalue weighted by atomic mass is 19.1. The number of benzene rings is 2. The molecule has 1 saturated heterocycles. The molecule has 0 unspecified atom stereocenters. The van der Waals surface area contributed by atoms with Crippen molar-refractivity contribution in [3.63, 3.8) is 0 Å². The molecule has 1 aliphatic heterocycles. The van der Waals surface area contributed by atoms with E-state index in [1.165, 1.54) is 6.07 Å². The maximum atomic E-state index is 13.8. The number of hydrogen-bond donors (Lipinski definition) is 1. The number of nitrogens with zero attached hydrogens (tertiary/aromatic N) is 2. The Morgan fingerprint density at radius 1 is 1.00 bits per heavy atom. The van der Waals surface area contributed by atoms with Gasteiger partial charge in [0, 0.05) is 48.8 Å². The zero-order chi connectivity index (χ0) is 20.9. The van der Waals surface area contributed by atoms with Gasteiger partial charge in [0.1, 0.15) is 5.82 Å². The van der Waals surface area contributed by atoms with Gasteiger partial charge in [-0.25, -0.2) is 4.39 Å². The molecule has 1 N–H and O–H groups in total. The first-order chi connectivity index (χ1) is 14.6. The largest absolute Gasteiger partial charge is 0.379 e. The fraction of sp³-hybridized carbons (Fsp3) is 0.304. The van der Waals surface area contributed by atoms with E-state index in [4.69, 9.17) is 4.74 Å². The summed E-state index contributed by atoms with van der Waals surface area (Å²) in [6.45, 7) is 4.58. The number of rotatable bonds is 6. The molecule has 4 rings (SSSR count). The third-order valence-corrected chi connectivity index (χ3v) is 5.36. The van der Waals surface area contributed by atoms with Gasteiger partial charge in [-0.15, -0.1) is 0 Å². The second-order valence-electron chi connectivity index (χ2n) is 7.35. The van der Waals surface area contributed by atoms with E-state index >= 15 is 0 Å². The lowest BCUT2D eigenvalue weighted by Gasteiger charge is -2.26. The third-order valence-electron chi connectivity index (χ3n) is 5.36. The zero-order valence-corrected chi connectivity index (χ0v) is 16.6. The van der Waals surface area contributed by atoms with E-state index in [9.17, 15) is 14.0 Å². The second-order valence-corrected chi connectivity index (χ2v) is 7.35. The highest BCUT2D eigenvalue weighted by molar-refractivity contribution is 6.02. The van der Waals surface area contributed by atoms with Crippen LogP contribution >= 0.6 is 0 Å². The average Bonchev–Trinajstić information content (AvgIpc) is 2.76. The Morgan fingerprint density at radius 2 is 1.80 bits per heavy atom. The monoisotopic (exact) mass is 409 g/mol. The Hall–Kier alpha value is -3.03. The number of pyridine rings is 1. The summed E-state index contributed by atoms with van der Waals surface area (Å²) >= 11 is 0. The van der Waals surface area contributed by atoms with E-state index < -0.39 is 5.82 Å². The summed E-state index contributed by atoms with van der Waals surface area (Å²) in [5, 5.41) is 4.03. The van der Waals surface area contributed by atoms with Crippen molar-refractivity contribution in [2.45, 2.75) is 13.0 Å². The second kappa shape index (κ2) is 9.19. The van der Waals surface area contributed by atoms with Gasteiger partial charge in [0.15, 0.2) is 0 Å². The number of halogens is 1. The van der Waals surface area contributed by atoms with Gasteiger partial charge < -0.3 is 14.6 Å². The van der Waals surface area contributed by atoms with Crippen LogP contribution in [0.15, 0.2) is 59.5 Å². The fourth-order valence-electron chi connectivity index (χ4n) is 3.69. The maximum Gasteiger partial charge on any atom is 0.258 e. The minimum Gasteiger partial charge on any atom is -0.379 e. The van der Waals surface area contributed by atoms with Crippen molar-refractivity contribution in [1.82, 2.24) is 9.47 Å². The molecule has 1 aliphatic rings. The Bertz CT molecular complexity index is 1110. The lowest BCUT2D eigenvalue weighted by atomic mass is 10.1. The van der Waals surface area contributed by atoms with Gasteiger partial charge in [0.2, 0.25) is 5.91 Å². The molecule has 2 heterocycles. The highest BCUT2D eigenvalue weighted by Gasteiger charge is 2.13. The minimum absolute atomic E-state index is 0.0698. The molecule has 0 aliphatic carbocycles. The van der Waals surface area contributed by atoms with Crippen LogP contribution in [0.4, 0.5) is 10.1 Å². The van der Waals surface area contributed by atoms with Crippen LogP contribution < -0.4 is 10.9 Å². The van der Waals surface area contributed by atoms with Crippen molar-refractivity contribution in [2.75, 3.05) is 38.2 Å². The minimum atomic E-state index is -0.409. The van der Waals surface area contributed by atoms with E-state index in [-0.39, 0.29) is 17.9 Å². The molecule has 0 bridgehead atoms. The van der Waals surface area contributed by atoms with Crippen molar-refractivity contribution in [3.05, 3.63) is 76.5 Å². The number of amides is 1. The number of nitrogens with one attached hydrogen (secondary N) is 1. The van der Waals surface area contributed by atoms with Crippen molar-refractivity contribution in [1.29, 1.82) is 0 Å². The molecule has 1 aromatic heterocycles. The molecule has 0 saturated carbocycles. The van der Waals surface area contributed by atoms with E-state index in [2.05, 4.69) is 10.2 Å². The number of carbonyl (C=O) groups excluding carboxylic acids is 1. The van der Waals surface area contributed by atoms with E-state index in [1.54, 1.807) is 47.2 Å². The first kappa shape index (κ1) is 20.3. The van der Waals surface area contributed by atoms with Gasteiger partial charge in [-0.3, -0.25) is 14.5 Å². The average molecular weight is 409 g/mol. The topological polar surface area (TPSA) is 63.6 Å². The summed E-state index contributed by atoms with van der Waals surface area (Å²) in [7, 11) is 0. The van der Waals surface area contributed by atoms with Gasteiger partial charge in [-0.05, 0) is 29.8 Å². The van der Waals surface area contributed by atoms with Crippen molar-refractivity contribution in [2.24, 2.45) is 0 Å². The molecule has 3 aromatic rings. The number of aromatic nitrogens is 1. The van der Waals surface area contributed by atoms with Crippen LogP contribution in [0.25, 0.3) is 10.8 Å².